The quantitative estimate of drug-likeness (QED) is 0.434. The van der Waals surface area contributed by atoms with Crippen LogP contribution in [-0.4, -0.2) is 28.7 Å². The van der Waals surface area contributed by atoms with E-state index in [0.717, 1.165) is 18.9 Å². The minimum absolute atomic E-state index is 0.0177. The lowest BCUT2D eigenvalue weighted by Crippen LogP contribution is -2.26. The Hall–Kier alpha value is -1.30. The summed E-state index contributed by atoms with van der Waals surface area (Å²) < 4.78 is 0. The van der Waals surface area contributed by atoms with E-state index in [2.05, 4.69) is 15.3 Å². The molecule has 1 fully saturated rings. The predicted molar refractivity (Wildman–Crippen MR) is 93.9 cm³/mol. The summed E-state index contributed by atoms with van der Waals surface area (Å²) in [6.07, 6.45) is 10.4. The molecule has 1 aromatic rings. The lowest BCUT2D eigenvalue weighted by molar-refractivity contribution is -0.121. The Morgan fingerprint density at radius 2 is 2.13 bits per heavy atom. The highest BCUT2D eigenvalue weighted by atomic mass is 32.2. The van der Waals surface area contributed by atoms with Crippen LogP contribution in [0.5, 0.6) is 0 Å². The largest absolute Gasteiger partial charge is 0.356 e. The molecule has 0 saturated heterocycles. The lowest BCUT2D eigenvalue weighted by atomic mass is 10.0. The van der Waals surface area contributed by atoms with Crippen LogP contribution < -0.4 is 10.9 Å². The zero-order valence-electron chi connectivity index (χ0n) is 14.1. The normalized spacial score (nSPS) is 15.0. The van der Waals surface area contributed by atoms with E-state index in [4.69, 9.17) is 0 Å². The van der Waals surface area contributed by atoms with Crippen LogP contribution in [-0.2, 0) is 11.2 Å². The van der Waals surface area contributed by atoms with E-state index in [1.54, 1.807) is 0 Å². The molecular formula is C17H27N3O2S. The fourth-order valence-corrected chi connectivity index (χ4v) is 3.64. The minimum atomic E-state index is -0.129. The number of nitrogens with zero attached hydrogens (tertiary/aromatic N) is 1. The summed E-state index contributed by atoms with van der Waals surface area (Å²) in [5.74, 6) is 0.887. The standard InChI is InChI=1S/C17H27N3O2S/c1-12-14(16(22)20-17(19-12)23-2)9-10-15(21)18-11-5-8-13-6-3-4-7-13/h13H,3-11H2,1-2H3,(H,18,21)(H,19,20,22). The molecule has 5 nitrogen and oxygen atoms in total. The molecule has 1 saturated carbocycles. The molecule has 0 bridgehead atoms. The van der Waals surface area contributed by atoms with Gasteiger partial charge in [-0.3, -0.25) is 9.59 Å². The molecule has 6 heteroatoms. The fraction of sp³-hybridized carbons (Fsp3) is 0.706. The van der Waals surface area contributed by atoms with Crippen molar-refractivity contribution < 1.29 is 4.79 Å². The van der Waals surface area contributed by atoms with Gasteiger partial charge in [0, 0.05) is 24.2 Å². The first-order valence-electron chi connectivity index (χ1n) is 8.50. The average Bonchev–Trinajstić information content (AvgIpc) is 3.03. The van der Waals surface area contributed by atoms with Crippen molar-refractivity contribution in [1.29, 1.82) is 0 Å². The van der Waals surface area contributed by atoms with E-state index in [-0.39, 0.29) is 11.5 Å². The topological polar surface area (TPSA) is 74.8 Å². The van der Waals surface area contributed by atoms with Crippen LogP contribution in [0.25, 0.3) is 0 Å². The van der Waals surface area contributed by atoms with Crippen LogP contribution in [0.15, 0.2) is 9.95 Å². The van der Waals surface area contributed by atoms with Crippen LogP contribution >= 0.6 is 11.8 Å². The molecule has 2 rings (SSSR count). The third-order valence-electron chi connectivity index (χ3n) is 4.58. The second-order valence-corrected chi connectivity index (χ2v) is 7.08. The first kappa shape index (κ1) is 18.0. The number of amides is 1. The maximum Gasteiger partial charge on any atom is 0.254 e. The monoisotopic (exact) mass is 337 g/mol. The second kappa shape index (κ2) is 9.11. The number of thioether (sulfide) groups is 1. The Balaban J connectivity index is 1.70. The number of nitrogens with one attached hydrogen (secondary N) is 2. The molecule has 0 spiro atoms. The Bertz CT molecular complexity index is 580. The fourth-order valence-electron chi connectivity index (χ4n) is 3.22. The van der Waals surface area contributed by atoms with E-state index < -0.39 is 0 Å². The number of carbonyl (C=O) groups excluding carboxylic acids is 1. The average molecular weight is 337 g/mol. The molecule has 23 heavy (non-hydrogen) atoms. The zero-order valence-corrected chi connectivity index (χ0v) is 14.9. The number of aromatic amines is 1. The van der Waals surface area contributed by atoms with E-state index in [1.807, 2.05) is 13.2 Å². The van der Waals surface area contributed by atoms with Crippen LogP contribution in [0.2, 0.25) is 0 Å². The number of hydrogen-bond acceptors (Lipinski definition) is 4. The van der Waals surface area contributed by atoms with Crippen molar-refractivity contribution in [2.45, 2.75) is 63.4 Å². The summed E-state index contributed by atoms with van der Waals surface area (Å²) in [5, 5.41) is 3.58. The first-order valence-corrected chi connectivity index (χ1v) is 9.73. The lowest BCUT2D eigenvalue weighted by Gasteiger charge is -2.10. The summed E-state index contributed by atoms with van der Waals surface area (Å²) in [6, 6.07) is 0. The van der Waals surface area contributed by atoms with Crippen molar-refractivity contribution in [2.24, 2.45) is 5.92 Å². The first-order chi connectivity index (χ1) is 11.1. The number of carbonyl (C=O) groups is 1. The van der Waals surface area contributed by atoms with Crippen molar-refractivity contribution in [2.75, 3.05) is 12.8 Å². The molecule has 0 atom stereocenters. The second-order valence-electron chi connectivity index (χ2n) is 6.28. The van der Waals surface area contributed by atoms with E-state index in [9.17, 15) is 9.59 Å². The molecule has 1 aliphatic carbocycles. The van der Waals surface area contributed by atoms with E-state index in [1.165, 1.54) is 43.9 Å². The van der Waals surface area contributed by atoms with Gasteiger partial charge in [0.1, 0.15) is 0 Å². The maximum absolute atomic E-state index is 12.0. The number of aryl methyl sites for hydroxylation is 1. The van der Waals surface area contributed by atoms with Gasteiger partial charge >= 0.3 is 0 Å². The van der Waals surface area contributed by atoms with Crippen molar-refractivity contribution in [3.05, 3.63) is 21.6 Å². The molecular weight excluding hydrogens is 310 g/mol. The zero-order chi connectivity index (χ0) is 16.7. The molecule has 0 radical (unpaired) electrons. The molecule has 1 amide bonds. The third kappa shape index (κ3) is 5.68. The summed E-state index contributed by atoms with van der Waals surface area (Å²) >= 11 is 1.41. The highest BCUT2D eigenvalue weighted by Crippen LogP contribution is 2.28. The molecule has 0 unspecified atom stereocenters. The highest BCUT2D eigenvalue weighted by Gasteiger charge is 2.14. The molecule has 1 heterocycles. The maximum atomic E-state index is 12.0. The predicted octanol–water partition coefficient (Wildman–Crippen LogP) is 2.82. The van der Waals surface area contributed by atoms with Gasteiger partial charge in [-0.25, -0.2) is 4.98 Å². The van der Waals surface area contributed by atoms with Gasteiger partial charge in [-0.2, -0.15) is 0 Å². The van der Waals surface area contributed by atoms with Crippen LogP contribution in [0.1, 0.15) is 56.2 Å². The molecule has 2 N–H and O–H groups in total. The number of rotatable bonds is 8. The summed E-state index contributed by atoms with van der Waals surface area (Å²) in [6.45, 7) is 2.57. The van der Waals surface area contributed by atoms with Crippen LogP contribution in [0.4, 0.5) is 0 Å². The van der Waals surface area contributed by atoms with Gasteiger partial charge in [-0.1, -0.05) is 37.4 Å². The van der Waals surface area contributed by atoms with Crippen LogP contribution in [0.3, 0.4) is 0 Å². The van der Waals surface area contributed by atoms with Gasteiger partial charge in [-0.15, -0.1) is 0 Å². The molecule has 1 aliphatic rings. The number of hydrogen-bond donors (Lipinski definition) is 2. The van der Waals surface area contributed by atoms with Gasteiger partial charge in [0.05, 0.1) is 0 Å². The molecule has 1 aromatic heterocycles. The summed E-state index contributed by atoms with van der Waals surface area (Å²) in [7, 11) is 0. The molecule has 0 aliphatic heterocycles. The third-order valence-corrected chi connectivity index (χ3v) is 5.16. The van der Waals surface area contributed by atoms with Crippen molar-refractivity contribution in [1.82, 2.24) is 15.3 Å². The summed E-state index contributed by atoms with van der Waals surface area (Å²) in [4.78, 5) is 31.0. The van der Waals surface area contributed by atoms with E-state index in [0.29, 0.717) is 29.3 Å². The molecule has 0 aromatic carbocycles. The van der Waals surface area contributed by atoms with E-state index >= 15 is 0 Å². The van der Waals surface area contributed by atoms with Crippen molar-refractivity contribution >= 4 is 17.7 Å². The Kier molecular flexibility index (Phi) is 7.15. The van der Waals surface area contributed by atoms with Gasteiger partial charge < -0.3 is 10.3 Å². The van der Waals surface area contributed by atoms with Gasteiger partial charge in [0.25, 0.3) is 5.56 Å². The smallest absolute Gasteiger partial charge is 0.254 e. The molecule has 128 valence electrons. The Labute approximate surface area is 142 Å². The minimum Gasteiger partial charge on any atom is -0.356 e. The van der Waals surface area contributed by atoms with Crippen LogP contribution in [0, 0.1) is 12.8 Å². The number of aromatic nitrogens is 2. The Morgan fingerprint density at radius 1 is 1.39 bits per heavy atom. The van der Waals surface area contributed by atoms with Crippen molar-refractivity contribution in [3.8, 4) is 0 Å². The van der Waals surface area contributed by atoms with Gasteiger partial charge in [0.15, 0.2) is 5.16 Å². The Morgan fingerprint density at radius 3 is 2.78 bits per heavy atom. The van der Waals surface area contributed by atoms with Crippen molar-refractivity contribution in [3.63, 3.8) is 0 Å². The highest BCUT2D eigenvalue weighted by molar-refractivity contribution is 7.98. The van der Waals surface area contributed by atoms with Gasteiger partial charge in [-0.05, 0) is 38.4 Å². The van der Waals surface area contributed by atoms with Gasteiger partial charge in [0.2, 0.25) is 5.91 Å². The SMILES string of the molecule is CSc1nc(C)c(CCC(=O)NCCCC2CCCC2)c(=O)[nH]1. The summed E-state index contributed by atoms with van der Waals surface area (Å²) in [5.41, 5.74) is 1.20. The number of H-pyrrole nitrogens is 1.